The molecule has 0 bridgehead atoms. The Kier molecular flexibility index (Phi) is 7.78. The molecule has 3 rings (SSSR count). The average molecular weight is 474 g/mol. The molecule has 1 aliphatic heterocycles. The van der Waals surface area contributed by atoms with Crippen molar-refractivity contribution in [3.05, 3.63) is 71.3 Å². The lowest BCUT2D eigenvalue weighted by Crippen LogP contribution is -2.52. The van der Waals surface area contributed by atoms with Crippen LogP contribution in [0, 0.1) is 0 Å². The predicted octanol–water partition coefficient (Wildman–Crippen LogP) is 2.15. The van der Waals surface area contributed by atoms with E-state index in [2.05, 4.69) is 10.4 Å². The van der Waals surface area contributed by atoms with Crippen LogP contribution in [0.3, 0.4) is 0 Å². The lowest BCUT2D eigenvalue weighted by atomic mass is 9.91. The number of imide groups is 1. The van der Waals surface area contributed by atoms with Crippen molar-refractivity contribution in [3.63, 3.8) is 0 Å². The van der Waals surface area contributed by atoms with Crippen LogP contribution in [0.15, 0.2) is 59.7 Å². The van der Waals surface area contributed by atoms with E-state index in [-0.39, 0.29) is 12.4 Å². The van der Waals surface area contributed by atoms with E-state index in [1.165, 1.54) is 20.1 Å². The normalized spacial score (nSPS) is 18.5. The zero-order chi connectivity index (χ0) is 23.5. The fraction of sp³-hybridized carbons (Fsp3) is 0.227. The van der Waals surface area contributed by atoms with Crippen molar-refractivity contribution in [2.75, 3.05) is 0 Å². The highest BCUT2D eigenvalue weighted by Crippen LogP contribution is 2.34. The van der Waals surface area contributed by atoms with Crippen molar-refractivity contribution < 1.29 is 24.3 Å². The molecule has 2 atom stereocenters. The molecule has 4 amide bonds. The number of nitrogens with zero attached hydrogens (tertiary/aromatic N) is 3. The van der Waals surface area contributed by atoms with Gasteiger partial charge in [0.05, 0.1) is 18.7 Å². The van der Waals surface area contributed by atoms with Crippen LogP contribution in [0.2, 0.25) is 0 Å². The van der Waals surface area contributed by atoms with E-state index in [1.54, 1.807) is 54.6 Å². The number of nitrogens with two attached hydrogens (primary N) is 1. The molecule has 1 saturated heterocycles. The molecule has 2 aromatic rings. The number of hydrazine groups is 1. The van der Waals surface area contributed by atoms with Gasteiger partial charge in [-0.15, -0.1) is 12.4 Å². The van der Waals surface area contributed by atoms with Crippen molar-refractivity contribution in [2.45, 2.75) is 31.8 Å². The fourth-order valence-electron chi connectivity index (χ4n) is 3.69. The summed E-state index contributed by atoms with van der Waals surface area (Å²) < 4.78 is 0. The first-order valence-electron chi connectivity index (χ1n) is 9.76. The first-order chi connectivity index (χ1) is 15.2. The van der Waals surface area contributed by atoms with Crippen LogP contribution in [0.1, 0.15) is 43.0 Å². The van der Waals surface area contributed by atoms with Gasteiger partial charge in [0.2, 0.25) is 5.91 Å². The van der Waals surface area contributed by atoms with Crippen LogP contribution >= 0.6 is 12.4 Å². The summed E-state index contributed by atoms with van der Waals surface area (Å²) in [6.07, 6.45) is 0.936. The number of nitrogens with one attached hydrogen (secondary N) is 1. The van der Waals surface area contributed by atoms with Crippen LogP contribution < -0.4 is 11.2 Å². The monoisotopic (exact) mass is 473 g/mol. The number of carbonyl (C=O) groups is 4. The molecule has 0 aliphatic carbocycles. The topological polar surface area (TPSA) is 145 Å². The molecule has 11 heteroatoms. The molecule has 0 spiro atoms. The lowest BCUT2D eigenvalue weighted by molar-refractivity contribution is -0.162. The molecule has 174 valence electrons. The predicted molar refractivity (Wildman–Crippen MR) is 122 cm³/mol. The molecular weight excluding hydrogens is 450 g/mol. The van der Waals surface area contributed by atoms with E-state index in [1.807, 2.05) is 0 Å². The molecule has 1 heterocycles. The second kappa shape index (κ2) is 10.1. The van der Waals surface area contributed by atoms with Gasteiger partial charge in [-0.1, -0.05) is 54.6 Å². The van der Waals surface area contributed by atoms with Crippen molar-refractivity contribution in [3.8, 4) is 0 Å². The minimum atomic E-state index is -1.46. The Hall–Kier alpha value is -3.92. The maximum Gasteiger partial charge on any atom is 0.344 e. The summed E-state index contributed by atoms with van der Waals surface area (Å²) in [5.41, 5.74) is 0.188. The number of aliphatic carboxylic acids is 1. The van der Waals surface area contributed by atoms with Crippen molar-refractivity contribution in [1.82, 2.24) is 15.3 Å². The van der Waals surface area contributed by atoms with Crippen LogP contribution in [-0.4, -0.2) is 45.2 Å². The number of amides is 4. The molecule has 0 aromatic heterocycles. The summed E-state index contributed by atoms with van der Waals surface area (Å²) in [6, 6.07) is 13.1. The third kappa shape index (κ3) is 4.96. The van der Waals surface area contributed by atoms with Gasteiger partial charge in [-0.25, -0.2) is 9.80 Å². The molecule has 10 nitrogen and oxygen atoms in total. The number of urea groups is 1. The van der Waals surface area contributed by atoms with E-state index >= 15 is 0 Å². The summed E-state index contributed by atoms with van der Waals surface area (Å²) in [5.74, 6) is 2.61. The minimum absolute atomic E-state index is 0. The van der Waals surface area contributed by atoms with Gasteiger partial charge in [-0.05, 0) is 23.6 Å². The first kappa shape index (κ1) is 25.3. The second-order valence-electron chi connectivity index (χ2n) is 7.46. The molecule has 1 fully saturated rings. The van der Waals surface area contributed by atoms with E-state index in [9.17, 15) is 24.3 Å². The standard InChI is InChI=1S/C22H23N5O5.ClH/c1-14(28)26(18(12-19(29)30)16-6-4-3-5-7-16)27-20(31)22(2,25-21(27)32)17-10-8-15(9-11-17)13-24-23;/h3-11,13,18H,12,23H2,1-2H3,(H,25,32)(H,29,30);1H/b24-13+;/t18-,22-;/m1./s1. The summed E-state index contributed by atoms with van der Waals surface area (Å²) in [7, 11) is 0. The highest BCUT2D eigenvalue weighted by Gasteiger charge is 2.53. The Balaban J connectivity index is 0.00000385. The number of carboxylic acids is 1. The number of carboxylic acid groups (broad SMARTS) is 1. The van der Waals surface area contributed by atoms with Gasteiger partial charge in [0, 0.05) is 6.92 Å². The van der Waals surface area contributed by atoms with E-state index in [4.69, 9.17) is 5.84 Å². The Morgan fingerprint density at radius 3 is 2.30 bits per heavy atom. The Morgan fingerprint density at radius 2 is 1.79 bits per heavy atom. The molecule has 33 heavy (non-hydrogen) atoms. The van der Waals surface area contributed by atoms with Crippen molar-refractivity contribution in [1.29, 1.82) is 0 Å². The van der Waals surface area contributed by atoms with E-state index < -0.39 is 41.8 Å². The molecule has 4 N–H and O–H groups in total. The maximum absolute atomic E-state index is 13.5. The number of hydrogen-bond donors (Lipinski definition) is 3. The summed E-state index contributed by atoms with van der Waals surface area (Å²) >= 11 is 0. The van der Waals surface area contributed by atoms with Crippen molar-refractivity contribution in [2.24, 2.45) is 10.9 Å². The smallest absolute Gasteiger partial charge is 0.344 e. The van der Waals surface area contributed by atoms with Gasteiger partial charge in [0.15, 0.2) is 0 Å². The van der Waals surface area contributed by atoms with Gasteiger partial charge >= 0.3 is 12.0 Å². The molecule has 2 aromatic carbocycles. The summed E-state index contributed by atoms with van der Waals surface area (Å²) in [6.45, 7) is 2.70. The van der Waals surface area contributed by atoms with Crippen LogP contribution in [-0.2, 0) is 19.9 Å². The lowest BCUT2D eigenvalue weighted by Gasteiger charge is -2.35. The van der Waals surface area contributed by atoms with E-state index in [0.29, 0.717) is 21.7 Å². The van der Waals surface area contributed by atoms with Crippen LogP contribution in [0.5, 0.6) is 0 Å². The Bertz CT molecular complexity index is 1080. The summed E-state index contributed by atoms with van der Waals surface area (Å²) in [4.78, 5) is 50.6. The SMILES string of the molecule is CC(=O)N([C@H](CC(=O)O)c1ccccc1)N1C(=O)N[C@](C)(c2ccc(/C=N/N)cc2)C1=O.Cl. The average Bonchev–Trinajstić information content (AvgIpc) is 2.98. The van der Waals surface area contributed by atoms with Gasteiger partial charge in [-0.3, -0.25) is 14.4 Å². The highest BCUT2D eigenvalue weighted by atomic mass is 35.5. The third-order valence-electron chi connectivity index (χ3n) is 5.27. The number of hydrogen-bond acceptors (Lipinski definition) is 6. The van der Waals surface area contributed by atoms with E-state index in [0.717, 1.165) is 5.01 Å². The van der Waals surface area contributed by atoms with Crippen LogP contribution in [0.25, 0.3) is 0 Å². The number of carbonyl (C=O) groups excluding carboxylic acids is 3. The van der Waals surface area contributed by atoms with Gasteiger partial charge in [0.25, 0.3) is 5.91 Å². The first-order valence-corrected chi connectivity index (χ1v) is 9.76. The van der Waals surface area contributed by atoms with Crippen molar-refractivity contribution >= 4 is 42.4 Å². The third-order valence-corrected chi connectivity index (χ3v) is 5.27. The molecule has 0 saturated carbocycles. The number of halogens is 1. The van der Waals surface area contributed by atoms with Crippen LogP contribution in [0.4, 0.5) is 4.79 Å². The molecule has 0 radical (unpaired) electrons. The Labute approximate surface area is 196 Å². The van der Waals surface area contributed by atoms with Gasteiger partial charge < -0.3 is 16.3 Å². The fourth-order valence-corrected chi connectivity index (χ4v) is 3.69. The molecule has 0 unspecified atom stereocenters. The summed E-state index contributed by atoms with van der Waals surface area (Å²) in [5, 5.41) is 17.1. The highest BCUT2D eigenvalue weighted by molar-refractivity contribution is 6.08. The van der Waals surface area contributed by atoms with Gasteiger partial charge in [-0.2, -0.15) is 10.1 Å². The molecule has 1 aliphatic rings. The largest absolute Gasteiger partial charge is 0.481 e. The zero-order valence-electron chi connectivity index (χ0n) is 18.0. The van der Waals surface area contributed by atoms with Gasteiger partial charge in [0.1, 0.15) is 5.54 Å². The zero-order valence-corrected chi connectivity index (χ0v) is 18.8. The Morgan fingerprint density at radius 1 is 1.18 bits per heavy atom. The number of hydrazone groups is 1. The quantitative estimate of drug-likeness (QED) is 0.243. The maximum atomic E-state index is 13.5. The minimum Gasteiger partial charge on any atom is -0.481 e. The number of benzene rings is 2. The second-order valence-corrected chi connectivity index (χ2v) is 7.46. The number of rotatable bonds is 7. The molecular formula is C22H24ClN5O5.